The summed E-state index contributed by atoms with van der Waals surface area (Å²) in [6, 6.07) is 10.9. The lowest BCUT2D eigenvalue weighted by molar-refractivity contribution is -0.122. The number of hydrogen-bond donors (Lipinski definition) is 0. The molecule has 5 nitrogen and oxygen atoms in total. The van der Waals surface area contributed by atoms with Gasteiger partial charge in [0.05, 0.1) is 13.4 Å². The standard InChI is InChI=1S/C16H15NO4/c1-10(18)14-15(11-5-7-12(19-2)8-6-11)17-21-16(14)13-4-3-9-20-13/h3-9,14,16H,1-2H3/t14-,16-/m0/s1. The summed E-state index contributed by atoms with van der Waals surface area (Å²) in [6.45, 7) is 1.54. The summed E-state index contributed by atoms with van der Waals surface area (Å²) < 4.78 is 10.5. The van der Waals surface area contributed by atoms with Crippen molar-refractivity contribution in [2.75, 3.05) is 7.11 Å². The van der Waals surface area contributed by atoms with Crippen LogP contribution in [0, 0.1) is 5.92 Å². The number of ether oxygens (including phenoxy) is 1. The topological polar surface area (TPSA) is 61.0 Å². The van der Waals surface area contributed by atoms with Crippen LogP contribution in [0.4, 0.5) is 0 Å². The van der Waals surface area contributed by atoms with E-state index in [1.165, 1.54) is 6.92 Å². The molecule has 0 radical (unpaired) electrons. The van der Waals surface area contributed by atoms with E-state index in [4.69, 9.17) is 14.0 Å². The lowest BCUT2D eigenvalue weighted by Gasteiger charge is -2.14. The molecular formula is C16H15NO4. The van der Waals surface area contributed by atoms with Crippen molar-refractivity contribution < 1.29 is 18.8 Å². The summed E-state index contributed by atoms with van der Waals surface area (Å²) >= 11 is 0. The number of furan rings is 1. The van der Waals surface area contributed by atoms with Crippen LogP contribution < -0.4 is 4.74 Å². The molecule has 0 saturated heterocycles. The summed E-state index contributed by atoms with van der Waals surface area (Å²) in [5.74, 6) is 0.871. The second-order valence-corrected chi connectivity index (χ2v) is 4.83. The van der Waals surface area contributed by atoms with Crippen LogP contribution in [0.2, 0.25) is 0 Å². The summed E-state index contributed by atoms with van der Waals surface area (Å²) in [7, 11) is 1.61. The van der Waals surface area contributed by atoms with Crippen molar-refractivity contribution in [3.63, 3.8) is 0 Å². The average molecular weight is 285 g/mol. The Hall–Kier alpha value is -2.56. The third-order valence-electron chi connectivity index (χ3n) is 3.51. The van der Waals surface area contributed by atoms with Gasteiger partial charge in [0.1, 0.15) is 28.9 Å². The van der Waals surface area contributed by atoms with Crippen molar-refractivity contribution in [3.8, 4) is 5.75 Å². The van der Waals surface area contributed by atoms with Crippen molar-refractivity contribution in [1.29, 1.82) is 0 Å². The number of hydrogen-bond acceptors (Lipinski definition) is 5. The Morgan fingerprint density at radius 1 is 1.24 bits per heavy atom. The summed E-state index contributed by atoms with van der Waals surface area (Å²) in [4.78, 5) is 17.5. The molecule has 1 aromatic carbocycles. The van der Waals surface area contributed by atoms with Gasteiger partial charge < -0.3 is 14.0 Å². The molecule has 108 valence electrons. The molecule has 0 spiro atoms. The van der Waals surface area contributed by atoms with Crippen LogP contribution in [-0.2, 0) is 9.63 Å². The summed E-state index contributed by atoms with van der Waals surface area (Å²) in [5, 5.41) is 4.10. The second-order valence-electron chi connectivity index (χ2n) is 4.83. The molecule has 0 bridgehead atoms. The molecule has 2 aromatic rings. The van der Waals surface area contributed by atoms with Crippen LogP contribution in [-0.4, -0.2) is 18.6 Å². The minimum absolute atomic E-state index is 0.0107. The quantitative estimate of drug-likeness (QED) is 0.866. The van der Waals surface area contributed by atoms with Crippen LogP contribution in [0.5, 0.6) is 5.75 Å². The van der Waals surface area contributed by atoms with Gasteiger partial charge in [-0.3, -0.25) is 4.79 Å². The Morgan fingerprint density at radius 3 is 2.57 bits per heavy atom. The van der Waals surface area contributed by atoms with E-state index in [1.54, 1.807) is 25.5 Å². The molecule has 0 aliphatic carbocycles. The minimum atomic E-state index is -0.505. The number of Topliss-reactive ketones (excluding diaryl/α,β-unsaturated/α-hetero) is 1. The molecular weight excluding hydrogens is 270 g/mol. The summed E-state index contributed by atoms with van der Waals surface area (Å²) in [6.07, 6.45) is 1.05. The zero-order valence-electron chi connectivity index (χ0n) is 11.8. The molecule has 1 aliphatic heterocycles. The van der Waals surface area contributed by atoms with Crippen LogP contribution >= 0.6 is 0 Å². The number of ketones is 1. The third-order valence-corrected chi connectivity index (χ3v) is 3.51. The molecule has 21 heavy (non-hydrogen) atoms. The van der Waals surface area contributed by atoms with E-state index < -0.39 is 12.0 Å². The monoisotopic (exact) mass is 285 g/mol. The fourth-order valence-corrected chi connectivity index (χ4v) is 2.44. The van der Waals surface area contributed by atoms with Gasteiger partial charge in [0.2, 0.25) is 0 Å². The molecule has 2 heterocycles. The van der Waals surface area contributed by atoms with Gasteiger partial charge in [-0.25, -0.2) is 0 Å². The highest BCUT2D eigenvalue weighted by Crippen LogP contribution is 2.36. The number of nitrogens with zero attached hydrogens (tertiary/aromatic N) is 1. The van der Waals surface area contributed by atoms with E-state index in [0.717, 1.165) is 11.3 Å². The predicted molar refractivity (Wildman–Crippen MR) is 76.2 cm³/mol. The normalized spacial score (nSPS) is 20.8. The Labute approximate surface area is 122 Å². The van der Waals surface area contributed by atoms with Gasteiger partial charge in [-0.2, -0.15) is 0 Å². The first-order chi connectivity index (χ1) is 10.2. The highest BCUT2D eigenvalue weighted by Gasteiger charge is 2.41. The SMILES string of the molecule is COc1ccc(C2=NO[C@@H](c3ccco3)[C@H]2C(C)=O)cc1. The van der Waals surface area contributed by atoms with Gasteiger partial charge in [0.15, 0.2) is 6.10 Å². The maximum Gasteiger partial charge on any atom is 0.200 e. The molecule has 1 aliphatic rings. The van der Waals surface area contributed by atoms with Gasteiger partial charge in [0, 0.05) is 5.56 Å². The lowest BCUT2D eigenvalue weighted by atomic mass is 9.88. The largest absolute Gasteiger partial charge is 0.497 e. The minimum Gasteiger partial charge on any atom is -0.497 e. The lowest BCUT2D eigenvalue weighted by Crippen LogP contribution is -2.25. The third kappa shape index (κ3) is 2.42. The van der Waals surface area contributed by atoms with E-state index in [2.05, 4.69) is 5.16 Å². The smallest absolute Gasteiger partial charge is 0.200 e. The second kappa shape index (κ2) is 5.44. The molecule has 0 fully saturated rings. The number of carbonyl (C=O) groups excluding carboxylic acids is 1. The Kier molecular flexibility index (Phi) is 3.48. The number of rotatable bonds is 4. The zero-order chi connectivity index (χ0) is 14.8. The van der Waals surface area contributed by atoms with E-state index in [0.29, 0.717) is 11.5 Å². The van der Waals surface area contributed by atoms with Crippen molar-refractivity contribution in [2.24, 2.45) is 11.1 Å². The number of benzene rings is 1. The Bertz CT molecular complexity index is 658. The van der Waals surface area contributed by atoms with Crippen molar-refractivity contribution >= 4 is 11.5 Å². The maximum atomic E-state index is 12.0. The van der Waals surface area contributed by atoms with Gasteiger partial charge in [-0.1, -0.05) is 5.16 Å². The highest BCUT2D eigenvalue weighted by molar-refractivity contribution is 6.14. The molecule has 3 rings (SSSR count). The number of carbonyl (C=O) groups is 1. The van der Waals surface area contributed by atoms with Crippen LogP contribution in [0.1, 0.15) is 24.4 Å². The Balaban J connectivity index is 1.92. The van der Waals surface area contributed by atoms with Crippen LogP contribution in [0.3, 0.4) is 0 Å². The molecule has 2 atom stereocenters. The van der Waals surface area contributed by atoms with Gasteiger partial charge in [-0.15, -0.1) is 0 Å². The van der Waals surface area contributed by atoms with Crippen molar-refractivity contribution in [3.05, 3.63) is 54.0 Å². The molecule has 0 amide bonds. The first-order valence-corrected chi connectivity index (χ1v) is 6.62. The maximum absolute atomic E-state index is 12.0. The van der Waals surface area contributed by atoms with Gasteiger partial charge >= 0.3 is 0 Å². The van der Waals surface area contributed by atoms with Crippen molar-refractivity contribution in [2.45, 2.75) is 13.0 Å². The average Bonchev–Trinajstić information content (AvgIpc) is 3.16. The molecule has 1 aromatic heterocycles. The first-order valence-electron chi connectivity index (χ1n) is 6.62. The fraction of sp³-hybridized carbons (Fsp3) is 0.250. The zero-order valence-corrected chi connectivity index (χ0v) is 11.8. The van der Waals surface area contributed by atoms with E-state index >= 15 is 0 Å². The molecule has 0 N–H and O–H groups in total. The predicted octanol–water partition coefficient (Wildman–Crippen LogP) is 2.97. The molecule has 5 heteroatoms. The molecule has 0 unspecified atom stereocenters. The van der Waals surface area contributed by atoms with Crippen molar-refractivity contribution in [1.82, 2.24) is 0 Å². The van der Waals surface area contributed by atoms with E-state index in [9.17, 15) is 4.79 Å². The number of methoxy groups -OCH3 is 1. The molecule has 0 saturated carbocycles. The highest BCUT2D eigenvalue weighted by atomic mass is 16.6. The number of oxime groups is 1. The fourth-order valence-electron chi connectivity index (χ4n) is 2.44. The Morgan fingerprint density at radius 2 is 2.00 bits per heavy atom. The van der Waals surface area contributed by atoms with E-state index in [1.807, 2.05) is 24.3 Å². The first kappa shape index (κ1) is 13.4. The van der Waals surface area contributed by atoms with Gasteiger partial charge in [-0.05, 0) is 43.3 Å². The van der Waals surface area contributed by atoms with Crippen LogP contribution in [0.25, 0.3) is 0 Å². The van der Waals surface area contributed by atoms with Crippen LogP contribution in [0.15, 0.2) is 52.2 Å². The summed E-state index contributed by atoms with van der Waals surface area (Å²) in [5.41, 5.74) is 1.46. The van der Waals surface area contributed by atoms with Gasteiger partial charge in [0.25, 0.3) is 0 Å². The van der Waals surface area contributed by atoms with E-state index in [-0.39, 0.29) is 5.78 Å².